The summed E-state index contributed by atoms with van der Waals surface area (Å²) < 4.78 is 129. The largest absolute Gasteiger partial charge is 0.573 e. The predicted molar refractivity (Wildman–Crippen MR) is 141 cm³/mol. The van der Waals surface area contributed by atoms with E-state index in [-0.39, 0.29) is 36.5 Å². The van der Waals surface area contributed by atoms with Crippen LogP contribution >= 0.6 is 0 Å². The van der Waals surface area contributed by atoms with Crippen LogP contribution in [-0.2, 0) is 12.8 Å². The molecular formula is C32H31F9O. The van der Waals surface area contributed by atoms with Crippen LogP contribution in [-0.4, -0.2) is 12.3 Å². The van der Waals surface area contributed by atoms with Crippen LogP contribution in [0, 0.1) is 29.2 Å². The Morgan fingerprint density at radius 1 is 0.714 bits per heavy atom. The van der Waals surface area contributed by atoms with E-state index in [9.17, 15) is 30.7 Å². The zero-order valence-corrected chi connectivity index (χ0v) is 22.9. The number of aryl methyl sites for hydroxylation is 1. The third-order valence-corrected chi connectivity index (χ3v) is 7.89. The van der Waals surface area contributed by atoms with Crippen molar-refractivity contribution in [2.45, 2.75) is 82.9 Å². The Hall–Kier alpha value is -3.17. The Balaban J connectivity index is 1.42. The number of ether oxygens (including phenoxy) is 1. The van der Waals surface area contributed by atoms with Crippen molar-refractivity contribution in [1.29, 1.82) is 0 Å². The molecule has 10 heteroatoms. The minimum Gasteiger partial charge on any atom is -0.399 e. The molecule has 0 unspecified atom stereocenters. The summed E-state index contributed by atoms with van der Waals surface area (Å²) in [4.78, 5) is 0. The summed E-state index contributed by atoms with van der Waals surface area (Å²) >= 11 is 0. The molecule has 1 fully saturated rings. The van der Waals surface area contributed by atoms with Crippen LogP contribution < -0.4 is 4.74 Å². The minimum absolute atomic E-state index is 0.157. The first-order valence-corrected chi connectivity index (χ1v) is 14.0. The van der Waals surface area contributed by atoms with Gasteiger partial charge in [-0.15, -0.1) is 13.2 Å². The van der Waals surface area contributed by atoms with Crippen LogP contribution in [0.3, 0.4) is 0 Å². The molecular weight excluding hydrogens is 571 g/mol. The summed E-state index contributed by atoms with van der Waals surface area (Å²) in [6, 6.07) is 10.2. The molecule has 228 valence electrons. The number of benzene rings is 3. The summed E-state index contributed by atoms with van der Waals surface area (Å²) in [6.07, 6.45) is -0.302. The van der Waals surface area contributed by atoms with Crippen molar-refractivity contribution < 1.29 is 44.3 Å². The first kappa shape index (κ1) is 31.8. The maximum atomic E-state index is 15.2. The molecule has 4 rings (SSSR count). The van der Waals surface area contributed by atoms with Crippen molar-refractivity contribution in [2.24, 2.45) is 5.92 Å². The van der Waals surface area contributed by atoms with Gasteiger partial charge in [0.1, 0.15) is 11.6 Å². The molecule has 0 amide bonds. The molecule has 0 atom stereocenters. The van der Waals surface area contributed by atoms with E-state index >= 15 is 8.78 Å². The second kappa shape index (κ2) is 13.0. The average Bonchev–Trinajstić information content (AvgIpc) is 2.90. The first-order valence-electron chi connectivity index (χ1n) is 14.0. The van der Waals surface area contributed by atoms with E-state index in [2.05, 4.69) is 35.9 Å². The Bertz CT molecular complexity index is 1310. The first-order chi connectivity index (χ1) is 19.8. The molecule has 1 nitrogen and oxygen atoms in total. The summed E-state index contributed by atoms with van der Waals surface area (Å²) in [7, 11) is 0. The molecule has 0 aromatic heterocycles. The fourth-order valence-corrected chi connectivity index (χ4v) is 5.72. The van der Waals surface area contributed by atoms with Crippen molar-refractivity contribution in [1.82, 2.24) is 0 Å². The van der Waals surface area contributed by atoms with Crippen LogP contribution in [0.5, 0.6) is 5.75 Å². The monoisotopic (exact) mass is 602 g/mol. The van der Waals surface area contributed by atoms with Gasteiger partial charge in [0.2, 0.25) is 5.75 Å². The zero-order chi connectivity index (χ0) is 30.7. The molecule has 0 aliphatic heterocycles. The smallest absolute Gasteiger partial charge is 0.399 e. The highest BCUT2D eigenvalue weighted by Crippen LogP contribution is 2.44. The summed E-state index contributed by atoms with van der Waals surface area (Å²) in [6.45, 7) is 2.15. The van der Waals surface area contributed by atoms with Gasteiger partial charge in [-0.05, 0) is 91.0 Å². The Kier molecular flexibility index (Phi) is 9.83. The average molecular weight is 603 g/mol. The SMILES string of the molecule is CCCCCc1ccc(C2CCC(C(F)(F)Cc3cc(F)c(-c4cc(F)c(OC(F)(F)F)c(F)c4)c(F)c3)CC2)cc1. The molecule has 42 heavy (non-hydrogen) atoms. The maximum absolute atomic E-state index is 15.2. The van der Waals surface area contributed by atoms with Gasteiger partial charge in [-0.1, -0.05) is 44.0 Å². The number of halogens is 9. The van der Waals surface area contributed by atoms with E-state index in [1.165, 1.54) is 12.0 Å². The number of rotatable bonds is 10. The van der Waals surface area contributed by atoms with Crippen molar-refractivity contribution in [3.05, 3.63) is 88.5 Å². The lowest BCUT2D eigenvalue weighted by Gasteiger charge is -2.34. The van der Waals surface area contributed by atoms with Gasteiger partial charge in [0.15, 0.2) is 11.6 Å². The van der Waals surface area contributed by atoms with E-state index in [1.54, 1.807) is 0 Å². The molecule has 3 aromatic rings. The lowest BCUT2D eigenvalue weighted by atomic mass is 9.75. The third-order valence-electron chi connectivity index (χ3n) is 7.89. The normalized spacial score (nSPS) is 17.9. The number of hydrogen-bond acceptors (Lipinski definition) is 1. The molecule has 0 radical (unpaired) electrons. The van der Waals surface area contributed by atoms with Gasteiger partial charge in [0.25, 0.3) is 5.92 Å². The second-order valence-electron chi connectivity index (χ2n) is 10.9. The topological polar surface area (TPSA) is 9.23 Å². The molecule has 1 aliphatic carbocycles. The molecule has 0 saturated heterocycles. The lowest BCUT2D eigenvalue weighted by molar-refractivity contribution is -0.276. The minimum atomic E-state index is -5.40. The van der Waals surface area contributed by atoms with Gasteiger partial charge in [0, 0.05) is 12.3 Å². The summed E-state index contributed by atoms with van der Waals surface area (Å²) in [5, 5.41) is 0. The van der Waals surface area contributed by atoms with Gasteiger partial charge >= 0.3 is 6.36 Å². The van der Waals surface area contributed by atoms with Crippen LogP contribution in [0.2, 0.25) is 0 Å². The van der Waals surface area contributed by atoms with Crippen molar-refractivity contribution >= 4 is 0 Å². The van der Waals surface area contributed by atoms with Crippen molar-refractivity contribution in [3.8, 4) is 16.9 Å². The summed E-state index contributed by atoms with van der Waals surface area (Å²) in [5.74, 6) is -12.3. The third kappa shape index (κ3) is 7.81. The van der Waals surface area contributed by atoms with Gasteiger partial charge in [0.05, 0.1) is 5.56 Å². The van der Waals surface area contributed by atoms with Gasteiger partial charge in [-0.25, -0.2) is 26.3 Å². The quantitative estimate of drug-likeness (QED) is 0.166. The van der Waals surface area contributed by atoms with Crippen molar-refractivity contribution in [2.75, 3.05) is 0 Å². The second-order valence-corrected chi connectivity index (χ2v) is 10.9. The van der Waals surface area contributed by atoms with Crippen LogP contribution in [0.1, 0.15) is 74.5 Å². The van der Waals surface area contributed by atoms with Gasteiger partial charge < -0.3 is 4.74 Å². The zero-order valence-electron chi connectivity index (χ0n) is 22.9. The Labute approximate surface area is 238 Å². The Morgan fingerprint density at radius 2 is 1.29 bits per heavy atom. The Morgan fingerprint density at radius 3 is 1.81 bits per heavy atom. The molecule has 3 aromatic carbocycles. The highest BCUT2D eigenvalue weighted by Gasteiger charge is 2.42. The number of hydrogen-bond donors (Lipinski definition) is 0. The van der Waals surface area contributed by atoms with E-state index in [4.69, 9.17) is 0 Å². The molecule has 1 aliphatic rings. The van der Waals surface area contributed by atoms with E-state index in [0.29, 0.717) is 25.0 Å². The van der Waals surface area contributed by atoms with Crippen LogP contribution in [0.25, 0.3) is 11.1 Å². The molecule has 0 N–H and O–H groups in total. The highest BCUT2D eigenvalue weighted by molar-refractivity contribution is 5.66. The fraction of sp³-hybridized carbons (Fsp3) is 0.438. The standard InChI is InChI=1S/C32H31F9O/c1-2-3-4-5-19-6-8-21(9-7-19)22-10-12-24(13-11-22)31(37,38)18-20-14-25(33)29(26(34)15-20)23-16-27(35)30(28(36)17-23)42-32(39,40)41/h6-9,14-17,22,24H,2-5,10-13,18H2,1H3. The van der Waals surface area contributed by atoms with E-state index in [0.717, 1.165) is 24.8 Å². The van der Waals surface area contributed by atoms with Gasteiger partial charge in [-0.3, -0.25) is 0 Å². The summed E-state index contributed by atoms with van der Waals surface area (Å²) in [5.41, 5.74) is 0.301. The number of unbranched alkanes of at least 4 members (excludes halogenated alkanes) is 2. The lowest BCUT2D eigenvalue weighted by Crippen LogP contribution is -2.33. The molecule has 0 spiro atoms. The highest BCUT2D eigenvalue weighted by atomic mass is 19.4. The molecule has 0 bridgehead atoms. The van der Waals surface area contributed by atoms with Crippen LogP contribution in [0.15, 0.2) is 48.5 Å². The fourth-order valence-electron chi connectivity index (χ4n) is 5.72. The van der Waals surface area contributed by atoms with Crippen LogP contribution in [0.4, 0.5) is 39.5 Å². The maximum Gasteiger partial charge on any atom is 0.573 e. The van der Waals surface area contributed by atoms with E-state index < -0.39 is 64.8 Å². The molecule has 0 heterocycles. The van der Waals surface area contributed by atoms with E-state index in [1.807, 2.05) is 0 Å². The van der Waals surface area contributed by atoms with Crippen molar-refractivity contribution in [3.63, 3.8) is 0 Å². The predicted octanol–water partition coefficient (Wildman–Crippen LogP) is 10.7. The molecule has 1 saturated carbocycles. The number of alkyl halides is 5. The van der Waals surface area contributed by atoms with Gasteiger partial charge in [-0.2, -0.15) is 0 Å².